The van der Waals surface area contributed by atoms with Gasteiger partial charge in [0.1, 0.15) is 5.75 Å². The fraction of sp³-hybridized carbons (Fsp3) is 0.657. The van der Waals surface area contributed by atoms with Crippen LogP contribution in [0.4, 0.5) is 0 Å². The molecule has 1 heterocycles. The summed E-state index contributed by atoms with van der Waals surface area (Å²) < 4.78 is 44.2. The number of benzene rings is 2. The van der Waals surface area contributed by atoms with Gasteiger partial charge in [0.25, 0.3) is 10.1 Å². The number of unbranched alkanes of at least 4 members (excludes halogenated alkanes) is 1. The van der Waals surface area contributed by atoms with E-state index in [2.05, 4.69) is 54.6 Å². The Morgan fingerprint density at radius 3 is 2.62 bits per heavy atom. The summed E-state index contributed by atoms with van der Waals surface area (Å²) in [7, 11) is -3.72. The van der Waals surface area contributed by atoms with Crippen LogP contribution in [0.5, 0.6) is 5.75 Å². The summed E-state index contributed by atoms with van der Waals surface area (Å²) in [4.78, 5) is 0.225. The molecule has 2 saturated carbocycles. The van der Waals surface area contributed by atoms with E-state index in [-0.39, 0.29) is 28.6 Å². The molecular formula is C35H47IO5S. The van der Waals surface area contributed by atoms with Crippen LogP contribution < -0.4 is 4.74 Å². The van der Waals surface area contributed by atoms with Crippen molar-refractivity contribution in [2.45, 2.75) is 118 Å². The largest absolute Gasteiger partial charge is 0.494 e. The highest BCUT2D eigenvalue weighted by Crippen LogP contribution is 2.68. The third kappa shape index (κ3) is 5.69. The standard InChI is InChI=1S/C35H47IO5S/c1-4-5-20-39-26-11-15-28-25(22-26)10-14-30-29(28)16-18-34(3)31(30)17-19-35(34)23-32(36)33(41-35)7-6-21-40-42(37,38)27-12-8-24(2)9-13-27/h8-9,11-13,15,22,29-33H,4-7,10,14,16-21,23H2,1-3H3/t29-,30-,31+,32-,33+,34+,35-/m1/s1. The van der Waals surface area contributed by atoms with Gasteiger partial charge in [0.15, 0.2) is 0 Å². The Balaban J connectivity index is 1.07. The summed E-state index contributed by atoms with van der Waals surface area (Å²) >= 11 is 2.60. The van der Waals surface area contributed by atoms with E-state index in [0.29, 0.717) is 22.2 Å². The van der Waals surface area contributed by atoms with E-state index in [1.165, 1.54) is 31.2 Å². The predicted molar refractivity (Wildman–Crippen MR) is 175 cm³/mol. The minimum absolute atomic E-state index is 0.0504. The number of halogens is 1. The van der Waals surface area contributed by atoms with E-state index in [4.69, 9.17) is 13.7 Å². The van der Waals surface area contributed by atoms with Gasteiger partial charge in [-0.3, -0.25) is 4.18 Å². The highest BCUT2D eigenvalue weighted by atomic mass is 127. The van der Waals surface area contributed by atoms with Gasteiger partial charge in [-0.05, 0) is 130 Å². The Kier molecular flexibility index (Phi) is 9.05. The molecule has 2 aromatic rings. The molecule has 0 amide bonds. The molecule has 3 fully saturated rings. The molecule has 4 aliphatic rings. The molecule has 3 aliphatic carbocycles. The second kappa shape index (κ2) is 12.3. The van der Waals surface area contributed by atoms with E-state index >= 15 is 0 Å². The molecule has 230 valence electrons. The van der Waals surface area contributed by atoms with Gasteiger partial charge in [-0.15, -0.1) is 0 Å². The van der Waals surface area contributed by atoms with Crippen molar-refractivity contribution in [1.82, 2.24) is 0 Å². The molecule has 7 heteroatoms. The Bertz CT molecular complexity index is 1360. The molecule has 2 aromatic carbocycles. The predicted octanol–water partition coefficient (Wildman–Crippen LogP) is 8.55. The first-order chi connectivity index (χ1) is 20.2. The number of ether oxygens (including phenoxy) is 2. The Hall–Kier alpha value is -1.16. The summed E-state index contributed by atoms with van der Waals surface area (Å²) in [6.07, 6.45) is 12.4. The number of hydrogen-bond donors (Lipinski definition) is 0. The van der Waals surface area contributed by atoms with Crippen molar-refractivity contribution in [1.29, 1.82) is 0 Å². The molecule has 1 spiro atoms. The summed E-state index contributed by atoms with van der Waals surface area (Å²) in [5.74, 6) is 3.14. The monoisotopic (exact) mass is 706 g/mol. The Labute approximate surface area is 266 Å². The summed E-state index contributed by atoms with van der Waals surface area (Å²) in [5, 5.41) is 0. The van der Waals surface area contributed by atoms with E-state index in [1.807, 2.05) is 6.92 Å². The summed E-state index contributed by atoms with van der Waals surface area (Å²) in [6.45, 7) is 7.70. The zero-order valence-electron chi connectivity index (χ0n) is 25.4. The first kappa shape index (κ1) is 30.8. The summed E-state index contributed by atoms with van der Waals surface area (Å²) in [6, 6.07) is 13.8. The summed E-state index contributed by atoms with van der Waals surface area (Å²) in [5.41, 5.74) is 4.28. The van der Waals surface area contributed by atoms with Gasteiger partial charge >= 0.3 is 0 Å². The molecule has 0 unspecified atom stereocenters. The molecule has 0 aromatic heterocycles. The number of hydrogen-bond acceptors (Lipinski definition) is 5. The fourth-order valence-corrected chi connectivity index (χ4v) is 11.1. The third-order valence-electron chi connectivity index (χ3n) is 11.2. The smallest absolute Gasteiger partial charge is 0.296 e. The maximum Gasteiger partial charge on any atom is 0.296 e. The molecule has 5 nitrogen and oxygen atoms in total. The topological polar surface area (TPSA) is 61.8 Å². The number of aryl methyl sites for hydroxylation is 2. The number of rotatable bonds is 10. The van der Waals surface area contributed by atoms with E-state index < -0.39 is 10.1 Å². The Morgan fingerprint density at radius 1 is 1.02 bits per heavy atom. The van der Waals surface area contributed by atoms with Crippen LogP contribution in [0.1, 0.15) is 101 Å². The lowest BCUT2D eigenvalue weighted by atomic mass is 9.53. The lowest BCUT2D eigenvalue weighted by Crippen LogP contribution is -2.50. The van der Waals surface area contributed by atoms with Crippen molar-refractivity contribution >= 4 is 32.7 Å². The second-order valence-corrected chi connectivity index (χ2v) is 16.8. The highest BCUT2D eigenvalue weighted by Gasteiger charge is 2.65. The van der Waals surface area contributed by atoms with Gasteiger partial charge in [-0.1, -0.05) is 66.6 Å². The average Bonchev–Trinajstić information content (AvgIpc) is 3.46. The lowest BCUT2D eigenvalue weighted by Gasteiger charge is -2.54. The quantitative estimate of drug-likeness (QED) is 0.107. The minimum atomic E-state index is -3.72. The van der Waals surface area contributed by atoms with Gasteiger partial charge in [0, 0.05) is 3.92 Å². The van der Waals surface area contributed by atoms with Crippen LogP contribution in [0.3, 0.4) is 0 Å². The van der Waals surface area contributed by atoms with Crippen LogP contribution in [-0.4, -0.2) is 37.3 Å². The number of alkyl halides is 1. The van der Waals surface area contributed by atoms with Crippen LogP contribution in [0, 0.1) is 24.2 Å². The first-order valence-electron chi connectivity index (χ1n) is 16.2. The van der Waals surface area contributed by atoms with Crippen LogP contribution in [0.15, 0.2) is 47.4 Å². The van der Waals surface area contributed by atoms with Crippen molar-refractivity contribution in [3.8, 4) is 5.75 Å². The molecule has 0 radical (unpaired) electrons. The SMILES string of the molecule is CCCCOc1ccc2c(c1)CC[C@@H]1[C@@H]2CC[C@@]2(C)[C@H]1CC[C@@]21C[C@@H](I)[C@H](CCCOS(=O)(=O)c2ccc(C)cc2)O1. The lowest BCUT2D eigenvalue weighted by molar-refractivity contribution is -0.137. The van der Waals surface area contributed by atoms with Gasteiger partial charge in [-0.2, -0.15) is 8.42 Å². The molecule has 1 saturated heterocycles. The Morgan fingerprint density at radius 2 is 1.83 bits per heavy atom. The number of fused-ring (bicyclic) bond motifs is 6. The highest BCUT2D eigenvalue weighted by molar-refractivity contribution is 14.1. The zero-order valence-corrected chi connectivity index (χ0v) is 28.4. The van der Waals surface area contributed by atoms with Crippen LogP contribution >= 0.6 is 22.6 Å². The van der Waals surface area contributed by atoms with Crippen molar-refractivity contribution in [3.63, 3.8) is 0 Å². The van der Waals surface area contributed by atoms with Gasteiger partial charge < -0.3 is 9.47 Å². The van der Waals surface area contributed by atoms with E-state index in [1.54, 1.807) is 29.8 Å². The zero-order chi connectivity index (χ0) is 29.5. The van der Waals surface area contributed by atoms with Crippen molar-refractivity contribution in [2.75, 3.05) is 13.2 Å². The van der Waals surface area contributed by atoms with Crippen LogP contribution in [0.25, 0.3) is 0 Å². The average molecular weight is 707 g/mol. The minimum Gasteiger partial charge on any atom is -0.494 e. The maximum absolute atomic E-state index is 12.6. The van der Waals surface area contributed by atoms with Gasteiger partial charge in [-0.25, -0.2) is 0 Å². The molecule has 1 aliphatic heterocycles. The molecule has 0 bridgehead atoms. The van der Waals surface area contributed by atoms with Crippen LogP contribution in [0.2, 0.25) is 0 Å². The fourth-order valence-electron chi connectivity index (χ4n) is 8.93. The maximum atomic E-state index is 12.6. The molecular weight excluding hydrogens is 659 g/mol. The van der Waals surface area contributed by atoms with Gasteiger partial charge in [0.05, 0.1) is 29.8 Å². The molecule has 0 N–H and O–H groups in total. The molecule has 7 atom stereocenters. The normalized spacial score (nSPS) is 33.8. The molecule has 42 heavy (non-hydrogen) atoms. The van der Waals surface area contributed by atoms with Crippen LogP contribution in [-0.2, 0) is 25.5 Å². The van der Waals surface area contributed by atoms with E-state index in [0.717, 1.165) is 62.4 Å². The van der Waals surface area contributed by atoms with Crippen molar-refractivity contribution in [3.05, 3.63) is 59.2 Å². The second-order valence-electron chi connectivity index (χ2n) is 13.6. The van der Waals surface area contributed by atoms with E-state index in [9.17, 15) is 8.42 Å². The van der Waals surface area contributed by atoms with Crippen molar-refractivity contribution in [2.24, 2.45) is 17.3 Å². The van der Waals surface area contributed by atoms with Gasteiger partial charge in [0.2, 0.25) is 0 Å². The molecule has 6 rings (SSSR count). The third-order valence-corrected chi connectivity index (χ3v) is 13.8. The first-order valence-corrected chi connectivity index (χ1v) is 18.8. The van der Waals surface area contributed by atoms with Crippen molar-refractivity contribution < 1.29 is 22.1 Å².